The first kappa shape index (κ1) is 25.1. The van der Waals surface area contributed by atoms with Gasteiger partial charge >= 0.3 is 0 Å². The smallest absolute Gasteiger partial charge is 0.259 e. The molecule has 194 valence electrons. The zero-order valence-electron chi connectivity index (χ0n) is 21.3. The van der Waals surface area contributed by atoms with E-state index >= 15 is 0 Å². The maximum Gasteiger partial charge on any atom is 0.259 e. The highest BCUT2D eigenvalue weighted by atomic mass is 19.1. The number of hydrogen-bond acceptors (Lipinski definition) is 6. The summed E-state index contributed by atoms with van der Waals surface area (Å²) in [6.45, 7) is 7.30. The second-order valence-corrected chi connectivity index (χ2v) is 9.95. The molecule has 4 heterocycles. The molecule has 0 bridgehead atoms. The predicted molar refractivity (Wildman–Crippen MR) is 143 cm³/mol. The second kappa shape index (κ2) is 10.8. The summed E-state index contributed by atoms with van der Waals surface area (Å²) < 4.78 is 15.0. The van der Waals surface area contributed by atoms with Gasteiger partial charge < -0.3 is 15.1 Å². The molecular formula is C28H34FN7O. The molecule has 0 spiro atoms. The van der Waals surface area contributed by atoms with Crippen LogP contribution in [0.25, 0.3) is 0 Å². The first-order valence-corrected chi connectivity index (χ1v) is 13.1. The molecule has 8 nitrogen and oxygen atoms in total. The zero-order chi connectivity index (χ0) is 25.9. The molecule has 0 radical (unpaired) electrons. The predicted octanol–water partition coefficient (Wildman–Crippen LogP) is 4.23. The standard InChI is InChI=1S/C28H34FN7O/c1-2-21(35-11-3-4-12-35)18-34-14-10-19-16-23(29)22(15-20(19)17-34)28(37)33-26-9-5-7-24(32-26)27(31)36-13-6-8-25(36)30/h2,5,7,9,15-16,30-31H,3-4,6,8,10-14,17-18H2,1H3,(H,32,33,37)/b21-2+,30-25?,31-27?. The Morgan fingerprint density at radius 1 is 1.11 bits per heavy atom. The Bertz CT molecular complexity index is 1250. The molecule has 2 aromatic rings. The number of benzene rings is 1. The van der Waals surface area contributed by atoms with Crippen LogP contribution in [0.3, 0.4) is 0 Å². The molecule has 2 fully saturated rings. The molecule has 0 saturated carbocycles. The number of aromatic nitrogens is 1. The van der Waals surface area contributed by atoms with E-state index in [9.17, 15) is 9.18 Å². The highest BCUT2D eigenvalue weighted by Gasteiger charge is 2.25. The third-order valence-corrected chi connectivity index (χ3v) is 7.48. The highest BCUT2D eigenvalue weighted by Crippen LogP contribution is 2.25. The molecule has 3 N–H and O–H groups in total. The lowest BCUT2D eigenvalue weighted by Gasteiger charge is -2.32. The normalized spacial score (nSPS) is 18.3. The number of likely N-dealkylation sites (tertiary alicyclic amines) is 2. The van der Waals surface area contributed by atoms with E-state index in [1.165, 1.54) is 24.6 Å². The lowest BCUT2D eigenvalue weighted by Crippen LogP contribution is -2.36. The van der Waals surface area contributed by atoms with Crippen LogP contribution in [0, 0.1) is 16.6 Å². The fraction of sp³-hybridized carbons (Fsp3) is 0.429. The monoisotopic (exact) mass is 503 g/mol. The molecule has 37 heavy (non-hydrogen) atoms. The Kier molecular flexibility index (Phi) is 7.32. The Hall–Kier alpha value is -3.59. The summed E-state index contributed by atoms with van der Waals surface area (Å²) in [5.74, 6) is -0.319. The van der Waals surface area contributed by atoms with Gasteiger partial charge in [0.15, 0.2) is 5.84 Å². The van der Waals surface area contributed by atoms with Crippen molar-refractivity contribution in [2.45, 2.75) is 45.6 Å². The van der Waals surface area contributed by atoms with E-state index in [1.807, 2.05) is 0 Å². The van der Waals surface area contributed by atoms with Gasteiger partial charge in [0.2, 0.25) is 0 Å². The van der Waals surface area contributed by atoms with E-state index in [0.29, 0.717) is 31.0 Å². The third kappa shape index (κ3) is 5.41. The van der Waals surface area contributed by atoms with Crippen LogP contribution in [-0.4, -0.2) is 70.0 Å². The molecule has 5 rings (SSSR count). The van der Waals surface area contributed by atoms with Crippen molar-refractivity contribution in [3.05, 3.63) is 70.3 Å². The van der Waals surface area contributed by atoms with E-state index in [4.69, 9.17) is 10.8 Å². The number of halogens is 1. The average Bonchev–Trinajstić information content (AvgIpc) is 3.59. The Morgan fingerprint density at radius 3 is 2.65 bits per heavy atom. The van der Waals surface area contributed by atoms with Gasteiger partial charge in [-0.1, -0.05) is 12.1 Å². The topological polar surface area (TPSA) is 99.4 Å². The van der Waals surface area contributed by atoms with Gasteiger partial charge in [-0.2, -0.15) is 0 Å². The summed E-state index contributed by atoms with van der Waals surface area (Å²) in [6, 6.07) is 8.18. The fourth-order valence-electron chi connectivity index (χ4n) is 5.43. The molecular weight excluding hydrogens is 469 g/mol. The number of fused-ring (bicyclic) bond motifs is 1. The van der Waals surface area contributed by atoms with E-state index in [1.54, 1.807) is 29.2 Å². The number of allylic oxidation sites excluding steroid dienone is 1. The number of carbonyl (C=O) groups excluding carboxylic acids is 1. The van der Waals surface area contributed by atoms with Crippen molar-refractivity contribution < 1.29 is 9.18 Å². The van der Waals surface area contributed by atoms with Gasteiger partial charge in [0.25, 0.3) is 5.91 Å². The Labute approximate surface area is 217 Å². The Morgan fingerprint density at radius 2 is 1.92 bits per heavy atom. The van der Waals surface area contributed by atoms with Crippen LogP contribution in [0.15, 0.2) is 42.1 Å². The number of hydrogen-bond donors (Lipinski definition) is 3. The van der Waals surface area contributed by atoms with Crippen LogP contribution in [0.1, 0.15) is 59.8 Å². The summed E-state index contributed by atoms with van der Waals surface area (Å²) in [7, 11) is 0. The van der Waals surface area contributed by atoms with Gasteiger partial charge in [-0.15, -0.1) is 0 Å². The zero-order valence-corrected chi connectivity index (χ0v) is 21.3. The number of amides is 1. The van der Waals surface area contributed by atoms with Gasteiger partial charge in [0, 0.05) is 51.4 Å². The van der Waals surface area contributed by atoms with Crippen molar-refractivity contribution in [3.63, 3.8) is 0 Å². The van der Waals surface area contributed by atoms with Gasteiger partial charge in [-0.05, 0) is 68.0 Å². The molecule has 0 aliphatic carbocycles. The molecule has 2 saturated heterocycles. The third-order valence-electron chi connectivity index (χ3n) is 7.48. The van der Waals surface area contributed by atoms with Crippen LogP contribution < -0.4 is 5.32 Å². The molecule has 0 atom stereocenters. The molecule has 0 unspecified atom stereocenters. The highest BCUT2D eigenvalue weighted by molar-refractivity contribution is 6.07. The second-order valence-electron chi connectivity index (χ2n) is 9.95. The SMILES string of the molecule is C/C=C(\CN1CCc2cc(F)c(C(=O)Nc3cccc(C(=N)N4CCCC4=N)n3)cc2C1)N1CCCC1. The van der Waals surface area contributed by atoms with Crippen LogP contribution in [0.5, 0.6) is 0 Å². The number of pyridine rings is 1. The van der Waals surface area contributed by atoms with Crippen LogP contribution in [0.2, 0.25) is 0 Å². The van der Waals surface area contributed by atoms with E-state index < -0.39 is 11.7 Å². The molecule has 1 aromatic carbocycles. The van der Waals surface area contributed by atoms with Gasteiger partial charge in [-0.25, -0.2) is 9.37 Å². The van der Waals surface area contributed by atoms with Crippen molar-refractivity contribution >= 4 is 23.4 Å². The number of amidine groups is 2. The number of carbonyl (C=O) groups is 1. The van der Waals surface area contributed by atoms with E-state index in [2.05, 4.69) is 33.1 Å². The molecule has 1 aromatic heterocycles. The minimum Gasteiger partial charge on any atom is -0.374 e. The van der Waals surface area contributed by atoms with Gasteiger partial charge in [-0.3, -0.25) is 20.5 Å². The van der Waals surface area contributed by atoms with Crippen molar-refractivity contribution in [1.29, 1.82) is 10.8 Å². The van der Waals surface area contributed by atoms with Crippen molar-refractivity contribution in [1.82, 2.24) is 19.7 Å². The van der Waals surface area contributed by atoms with Crippen LogP contribution in [0.4, 0.5) is 10.2 Å². The van der Waals surface area contributed by atoms with Crippen molar-refractivity contribution in [3.8, 4) is 0 Å². The maximum atomic E-state index is 15.0. The minimum absolute atomic E-state index is 0.00463. The molecule has 3 aliphatic rings. The van der Waals surface area contributed by atoms with E-state index in [-0.39, 0.29) is 17.2 Å². The van der Waals surface area contributed by atoms with Crippen molar-refractivity contribution in [2.24, 2.45) is 0 Å². The first-order chi connectivity index (χ1) is 17.9. The quantitative estimate of drug-likeness (QED) is 0.405. The Balaban J connectivity index is 1.29. The van der Waals surface area contributed by atoms with Crippen LogP contribution >= 0.6 is 0 Å². The summed E-state index contributed by atoms with van der Waals surface area (Å²) in [5, 5.41) is 19.1. The first-order valence-electron chi connectivity index (χ1n) is 13.1. The van der Waals surface area contributed by atoms with Crippen molar-refractivity contribution in [2.75, 3.05) is 38.0 Å². The lowest BCUT2D eigenvalue weighted by atomic mass is 9.96. The minimum atomic E-state index is -0.561. The average molecular weight is 504 g/mol. The maximum absolute atomic E-state index is 15.0. The number of rotatable bonds is 6. The summed E-state index contributed by atoms with van der Waals surface area (Å²) >= 11 is 0. The molecule has 3 aliphatic heterocycles. The summed E-state index contributed by atoms with van der Waals surface area (Å²) in [4.78, 5) is 23.9. The van der Waals surface area contributed by atoms with Gasteiger partial charge in [0.05, 0.1) is 5.56 Å². The van der Waals surface area contributed by atoms with Gasteiger partial charge in [0.1, 0.15) is 23.2 Å². The summed E-state index contributed by atoms with van der Waals surface area (Å²) in [5.41, 5.74) is 3.63. The van der Waals surface area contributed by atoms with E-state index in [0.717, 1.165) is 50.1 Å². The number of anilines is 1. The number of nitrogens with one attached hydrogen (secondary N) is 3. The fourth-order valence-corrected chi connectivity index (χ4v) is 5.43. The summed E-state index contributed by atoms with van der Waals surface area (Å²) in [6.07, 6.45) is 6.89. The lowest BCUT2D eigenvalue weighted by molar-refractivity contribution is 0.102. The largest absolute Gasteiger partial charge is 0.374 e. The molecule has 1 amide bonds. The number of nitrogens with zero attached hydrogens (tertiary/aromatic N) is 4. The molecule has 9 heteroatoms. The van der Waals surface area contributed by atoms with Crippen LogP contribution in [-0.2, 0) is 13.0 Å².